The molecule has 0 aliphatic carbocycles. The summed E-state index contributed by atoms with van der Waals surface area (Å²) in [5.74, 6) is -0.894. The Bertz CT molecular complexity index is 1320. The maximum Gasteiger partial charge on any atom is 0.255 e. The lowest BCUT2D eigenvalue weighted by atomic mass is 10.2. The Hall–Kier alpha value is -2.91. The highest BCUT2D eigenvalue weighted by molar-refractivity contribution is 7.89. The fraction of sp³-hybridized carbons (Fsp3) is 0.231. The van der Waals surface area contributed by atoms with E-state index in [1.165, 1.54) is 34.5 Å². The average molecular weight is 548 g/mol. The first kappa shape index (κ1) is 27.7. The number of amides is 2. The van der Waals surface area contributed by atoms with Crippen LogP contribution in [0.5, 0.6) is 0 Å². The fourth-order valence-corrected chi connectivity index (χ4v) is 4.97. The second-order valence-electron chi connectivity index (χ2n) is 8.11. The summed E-state index contributed by atoms with van der Waals surface area (Å²) in [5, 5.41) is 3.47. The SMILES string of the molecule is CCN(CC(=O)NCc1ccc(Cl)cc1)C(=O)c1cc(S(=O)(=O)N(C)Cc2ccccc2)ccc1Cl. The Labute approximate surface area is 221 Å². The molecule has 0 radical (unpaired) electrons. The minimum atomic E-state index is -3.89. The molecule has 0 aliphatic heterocycles. The van der Waals surface area contributed by atoms with Crippen LogP contribution in [0, 0.1) is 0 Å². The van der Waals surface area contributed by atoms with Crippen molar-refractivity contribution in [1.82, 2.24) is 14.5 Å². The average Bonchev–Trinajstić information content (AvgIpc) is 2.87. The summed E-state index contributed by atoms with van der Waals surface area (Å²) in [6, 6.07) is 20.2. The highest BCUT2D eigenvalue weighted by atomic mass is 35.5. The van der Waals surface area contributed by atoms with Crippen LogP contribution in [-0.4, -0.2) is 49.6 Å². The topological polar surface area (TPSA) is 86.8 Å². The lowest BCUT2D eigenvalue weighted by Gasteiger charge is -2.22. The van der Waals surface area contributed by atoms with Crippen molar-refractivity contribution < 1.29 is 18.0 Å². The summed E-state index contributed by atoms with van der Waals surface area (Å²) < 4.78 is 27.5. The van der Waals surface area contributed by atoms with Gasteiger partial charge in [-0.05, 0) is 48.4 Å². The molecule has 3 aromatic carbocycles. The van der Waals surface area contributed by atoms with Crippen molar-refractivity contribution in [2.24, 2.45) is 0 Å². The minimum absolute atomic E-state index is 0.0122. The number of carbonyl (C=O) groups excluding carboxylic acids is 2. The number of hydrogen-bond acceptors (Lipinski definition) is 4. The van der Waals surface area contributed by atoms with Crippen LogP contribution in [0.2, 0.25) is 10.0 Å². The van der Waals surface area contributed by atoms with Gasteiger partial charge in [0, 0.05) is 31.7 Å². The Morgan fingerprint density at radius 3 is 2.22 bits per heavy atom. The number of hydrogen-bond donors (Lipinski definition) is 1. The molecule has 0 heterocycles. The van der Waals surface area contributed by atoms with E-state index in [0.29, 0.717) is 5.02 Å². The third kappa shape index (κ3) is 7.07. The Morgan fingerprint density at radius 2 is 1.58 bits per heavy atom. The predicted molar refractivity (Wildman–Crippen MR) is 141 cm³/mol. The smallest absolute Gasteiger partial charge is 0.255 e. The number of nitrogens with zero attached hydrogens (tertiary/aromatic N) is 2. The summed E-state index contributed by atoms with van der Waals surface area (Å²) in [5.41, 5.74) is 1.71. The van der Waals surface area contributed by atoms with Gasteiger partial charge in [0.2, 0.25) is 15.9 Å². The fourth-order valence-electron chi connectivity index (χ4n) is 3.46. The summed E-state index contributed by atoms with van der Waals surface area (Å²) in [6.45, 7) is 2.21. The molecule has 0 saturated heterocycles. The van der Waals surface area contributed by atoms with Gasteiger partial charge in [-0.2, -0.15) is 4.31 Å². The van der Waals surface area contributed by atoms with E-state index in [2.05, 4.69) is 5.32 Å². The molecule has 3 aromatic rings. The standard InChI is InChI=1S/C26H27Cl2N3O4S/c1-3-31(18-25(32)29-16-19-9-11-21(27)12-10-19)26(33)23-15-22(13-14-24(23)28)36(34,35)30(2)17-20-7-5-4-6-8-20/h4-15H,3,16-18H2,1-2H3,(H,29,32). The number of sulfonamides is 1. The predicted octanol–water partition coefficient (Wildman–Crippen LogP) is 4.59. The van der Waals surface area contributed by atoms with Crippen molar-refractivity contribution in [1.29, 1.82) is 0 Å². The summed E-state index contributed by atoms with van der Waals surface area (Å²) in [6.07, 6.45) is 0. The number of carbonyl (C=O) groups is 2. The third-order valence-corrected chi connectivity index (χ3v) is 7.91. The van der Waals surface area contributed by atoms with Crippen LogP contribution < -0.4 is 5.32 Å². The normalized spacial score (nSPS) is 11.4. The maximum atomic E-state index is 13.2. The monoisotopic (exact) mass is 547 g/mol. The van der Waals surface area contributed by atoms with E-state index in [9.17, 15) is 18.0 Å². The molecule has 0 spiro atoms. The lowest BCUT2D eigenvalue weighted by molar-refractivity contribution is -0.121. The molecule has 0 saturated carbocycles. The molecule has 0 aromatic heterocycles. The molecule has 10 heteroatoms. The van der Waals surface area contributed by atoms with Crippen LogP contribution in [0.1, 0.15) is 28.4 Å². The van der Waals surface area contributed by atoms with Gasteiger partial charge in [0.25, 0.3) is 5.91 Å². The molecule has 7 nitrogen and oxygen atoms in total. The maximum absolute atomic E-state index is 13.2. The number of halogens is 2. The molecular formula is C26H27Cl2N3O4S. The second kappa shape index (κ2) is 12.4. The highest BCUT2D eigenvalue weighted by Crippen LogP contribution is 2.24. The van der Waals surface area contributed by atoms with Crippen molar-refractivity contribution in [2.45, 2.75) is 24.9 Å². The van der Waals surface area contributed by atoms with E-state index in [4.69, 9.17) is 23.2 Å². The van der Waals surface area contributed by atoms with Gasteiger partial charge < -0.3 is 10.2 Å². The molecule has 0 fully saturated rings. The third-order valence-electron chi connectivity index (χ3n) is 5.53. The molecule has 3 rings (SSSR count). The van der Waals surface area contributed by atoms with E-state index in [1.807, 2.05) is 30.3 Å². The molecule has 0 bridgehead atoms. The van der Waals surface area contributed by atoms with E-state index in [1.54, 1.807) is 31.2 Å². The van der Waals surface area contributed by atoms with E-state index >= 15 is 0 Å². The van der Waals surface area contributed by atoms with Crippen LogP contribution in [-0.2, 0) is 27.9 Å². The van der Waals surface area contributed by atoms with Gasteiger partial charge in [-0.25, -0.2) is 8.42 Å². The number of rotatable bonds is 10. The van der Waals surface area contributed by atoms with Crippen LogP contribution in [0.25, 0.3) is 0 Å². The summed E-state index contributed by atoms with van der Waals surface area (Å²) in [4.78, 5) is 27.0. The van der Waals surface area contributed by atoms with Crippen molar-refractivity contribution in [2.75, 3.05) is 20.1 Å². The Kier molecular flexibility index (Phi) is 9.50. The van der Waals surface area contributed by atoms with Crippen LogP contribution in [0.4, 0.5) is 0 Å². The Morgan fingerprint density at radius 1 is 0.917 bits per heavy atom. The van der Waals surface area contributed by atoms with Crippen LogP contribution >= 0.6 is 23.2 Å². The summed E-state index contributed by atoms with van der Waals surface area (Å²) >= 11 is 12.2. The zero-order valence-electron chi connectivity index (χ0n) is 19.9. The Balaban J connectivity index is 1.73. The zero-order chi connectivity index (χ0) is 26.3. The van der Waals surface area contributed by atoms with E-state index in [-0.39, 0.29) is 47.6 Å². The largest absolute Gasteiger partial charge is 0.350 e. The number of benzene rings is 3. The van der Waals surface area contributed by atoms with Gasteiger partial charge in [0.1, 0.15) is 0 Å². The second-order valence-corrected chi connectivity index (χ2v) is 11.0. The molecule has 0 unspecified atom stereocenters. The summed E-state index contributed by atoms with van der Waals surface area (Å²) in [7, 11) is -2.42. The number of likely N-dealkylation sites (N-methyl/N-ethyl adjacent to an activating group) is 1. The van der Waals surface area contributed by atoms with E-state index in [0.717, 1.165) is 11.1 Å². The van der Waals surface area contributed by atoms with E-state index < -0.39 is 15.9 Å². The molecule has 0 aliphatic rings. The molecule has 190 valence electrons. The highest BCUT2D eigenvalue weighted by Gasteiger charge is 2.25. The first-order chi connectivity index (χ1) is 17.1. The molecular weight excluding hydrogens is 521 g/mol. The lowest BCUT2D eigenvalue weighted by Crippen LogP contribution is -2.40. The van der Waals surface area contributed by atoms with Gasteiger partial charge in [-0.15, -0.1) is 0 Å². The van der Waals surface area contributed by atoms with Gasteiger partial charge >= 0.3 is 0 Å². The van der Waals surface area contributed by atoms with Crippen LogP contribution in [0.3, 0.4) is 0 Å². The number of nitrogens with one attached hydrogen (secondary N) is 1. The van der Waals surface area contributed by atoms with Gasteiger partial charge in [0.15, 0.2) is 0 Å². The van der Waals surface area contributed by atoms with Crippen LogP contribution in [0.15, 0.2) is 77.7 Å². The van der Waals surface area contributed by atoms with Crippen molar-refractivity contribution in [3.8, 4) is 0 Å². The van der Waals surface area contributed by atoms with Crippen molar-refractivity contribution >= 4 is 45.0 Å². The minimum Gasteiger partial charge on any atom is -0.350 e. The van der Waals surface area contributed by atoms with Crippen molar-refractivity contribution in [3.63, 3.8) is 0 Å². The molecule has 36 heavy (non-hydrogen) atoms. The van der Waals surface area contributed by atoms with Crippen molar-refractivity contribution in [3.05, 3.63) is 99.5 Å². The molecule has 1 N–H and O–H groups in total. The molecule has 0 atom stereocenters. The zero-order valence-corrected chi connectivity index (χ0v) is 22.3. The van der Waals surface area contributed by atoms with Gasteiger partial charge in [-0.3, -0.25) is 9.59 Å². The quantitative estimate of drug-likeness (QED) is 0.402. The first-order valence-electron chi connectivity index (χ1n) is 11.2. The first-order valence-corrected chi connectivity index (χ1v) is 13.4. The molecule has 2 amide bonds. The van der Waals surface area contributed by atoms with Gasteiger partial charge in [-0.1, -0.05) is 65.7 Å². The van der Waals surface area contributed by atoms with Gasteiger partial charge in [0.05, 0.1) is 22.0 Å².